The number of nitriles is 1. The Morgan fingerprint density at radius 3 is 2.95 bits per heavy atom. The van der Waals surface area contributed by atoms with Crippen molar-refractivity contribution < 1.29 is 4.21 Å². The minimum Gasteiger partial charge on any atom is -0.381 e. The summed E-state index contributed by atoms with van der Waals surface area (Å²) in [5.74, 6) is 0.665. The van der Waals surface area contributed by atoms with Crippen LogP contribution in [0.3, 0.4) is 0 Å². The quantitative estimate of drug-likeness (QED) is 0.849. The van der Waals surface area contributed by atoms with E-state index in [1.165, 1.54) is 0 Å². The highest BCUT2D eigenvalue weighted by Gasteiger charge is 2.44. The van der Waals surface area contributed by atoms with Crippen LogP contribution in [0, 0.1) is 11.3 Å². The van der Waals surface area contributed by atoms with Crippen LogP contribution in [-0.2, 0) is 15.5 Å². The minimum absolute atomic E-state index is 0.582. The molecule has 1 saturated heterocycles. The Morgan fingerprint density at radius 1 is 1.53 bits per heavy atom. The molecule has 19 heavy (non-hydrogen) atoms. The lowest BCUT2D eigenvalue weighted by atomic mass is 9.90. The monoisotopic (exact) mass is 292 g/mol. The van der Waals surface area contributed by atoms with Crippen LogP contribution in [0.2, 0.25) is 0 Å². The summed E-state index contributed by atoms with van der Waals surface area (Å²) in [5, 5.41) is 12.0. The van der Waals surface area contributed by atoms with Crippen LogP contribution in [0.15, 0.2) is 24.3 Å². The first-order valence-corrected chi connectivity index (χ1v) is 7.99. The van der Waals surface area contributed by atoms with Crippen molar-refractivity contribution in [3.63, 3.8) is 0 Å². The molecule has 0 saturated carbocycles. The molecule has 1 N–H and O–H groups in total. The Balaban J connectivity index is 2.57. The van der Waals surface area contributed by atoms with Crippen molar-refractivity contribution in [1.82, 2.24) is 5.32 Å². The van der Waals surface area contributed by atoms with Gasteiger partial charge >= 0.3 is 0 Å². The molecule has 0 aromatic heterocycles. The van der Waals surface area contributed by atoms with Gasteiger partial charge in [0.1, 0.15) is 4.75 Å². The lowest BCUT2D eigenvalue weighted by Gasteiger charge is -2.37. The van der Waals surface area contributed by atoms with E-state index in [1.807, 2.05) is 18.2 Å². The maximum absolute atomic E-state index is 12.6. The Kier molecular flexibility index (Phi) is 4.33. The summed E-state index contributed by atoms with van der Waals surface area (Å²) in [6.07, 6.45) is 2.75. The number of likely N-dealkylation sites (N-methyl/N-ethyl adjacent to an activating group) is 1. The fourth-order valence-electron chi connectivity index (χ4n) is 2.56. The van der Waals surface area contributed by atoms with Gasteiger partial charge in [-0.05, 0) is 30.5 Å². The van der Waals surface area contributed by atoms with Gasteiger partial charge < -0.3 is 5.32 Å². The molecular formula is C14H16N2OS2. The predicted octanol–water partition coefficient (Wildman–Crippen LogP) is 2.23. The van der Waals surface area contributed by atoms with Crippen molar-refractivity contribution in [3.05, 3.63) is 35.4 Å². The zero-order valence-corrected chi connectivity index (χ0v) is 12.4. The predicted molar refractivity (Wildman–Crippen MR) is 81.4 cm³/mol. The molecule has 1 unspecified atom stereocenters. The van der Waals surface area contributed by atoms with Crippen molar-refractivity contribution in [2.75, 3.05) is 12.8 Å². The second kappa shape index (κ2) is 5.81. The number of thiocarbonyl (C=S) groups is 1. The standard InChI is InChI=1S/C14H16N2OS2/c1-16-13(18)14(7-2-3-8-19(14)17)12-6-4-5-11(9-12)10-15/h4-6,9H,2-3,7-8H2,1H3,(H,16,18)/t14-,19?/m1/s1. The van der Waals surface area contributed by atoms with Gasteiger partial charge in [-0.1, -0.05) is 30.8 Å². The summed E-state index contributed by atoms with van der Waals surface area (Å²) in [5.41, 5.74) is 1.47. The normalized spacial score (nSPS) is 26.4. The van der Waals surface area contributed by atoms with Gasteiger partial charge in [-0.15, -0.1) is 0 Å². The van der Waals surface area contributed by atoms with Crippen LogP contribution in [0.25, 0.3) is 0 Å². The minimum atomic E-state index is -1.04. The van der Waals surface area contributed by atoms with Crippen molar-refractivity contribution in [3.8, 4) is 6.07 Å². The molecule has 0 bridgehead atoms. The highest BCUT2D eigenvalue weighted by atomic mass is 32.2. The van der Waals surface area contributed by atoms with Crippen molar-refractivity contribution in [1.29, 1.82) is 5.26 Å². The molecule has 3 nitrogen and oxygen atoms in total. The topological polar surface area (TPSA) is 52.9 Å². The average Bonchev–Trinajstić information content (AvgIpc) is 2.47. The van der Waals surface area contributed by atoms with Gasteiger partial charge in [-0.25, -0.2) is 0 Å². The molecule has 0 amide bonds. The Morgan fingerprint density at radius 2 is 2.32 bits per heavy atom. The number of hydrogen-bond acceptors (Lipinski definition) is 3. The third-order valence-electron chi connectivity index (χ3n) is 3.55. The SMILES string of the molecule is CNC(=S)[C@]1(c2cccc(C#N)c2)CCCCS1=O. The zero-order chi connectivity index (χ0) is 13.9. The fraction of sp³-hybridized carbons (Fsp3) is 0.429. The average molecular weight is 292 g/mol. The third-order valence-corrected chi connectivity index (χ3v) is 6.31. The van der Waals surface area contributed by atoms with Gasteiger partial charge in [0.15, 0.2) is 0 Å². The van der Waals surface area contributed by atoms with Crippen LogP contribution in [-0.4, -0.2) is 22.0 Å². The summed E-state index contributed by atoms with van der Waals surface area (Å²) >= 11 is 5.44. The van der Waals surface area contributed by atoms with Crippen LogP contribution in [0.4, 0.5) is 0 Å². The molecule has 5 heteroatoms. The number of rotatable bonds is 2. The van der Waals surface area contributed by atoms with E-state index in [2.05, 4.69) is 11.4 Å². The smallest absolute Gasteiger partial charge is 0.121 e. The molecule has 1 aliphatic heterocycles. The molecule has 0 radical (unpaired) electrons. The number of nitrogens with zero attached hydrogens (tertiary/aromatic N) is 1. The summed E-state index contributed by atoms with van der Waals surface area (Å²) in [6, 6.07) is 9.46. The number of benzene rings is 1. The molecule has 100 valence electrons. The van der Waals surface area contributed by atoms with Crippen LogP contribution in [0.1, 0.15) is 30.4 Å². The lowest BCUT2D eigenvalue weighted by molar-refractivity contribution is 0.574. The third kappa shape index (κ3) is 2.43. The molecule has 1 aliphatic rings. The summed E-state index contributed by atoms with van der Waals surface area (Å²) < 4.78 is 12.0. The van der Waals surface area contributed by atoms with Crippen molar-refractivity contribution in [2.24, 2.45) is 0 Å². The maximum atomic E-state index is 12.6. The molecule has 0 spiro atoms. The highest BCUT2D eigenvalue weighted by molar-refractivity contribution is 7.90. The van der Waals surface area contributed by atoms with Crippen LogP contribution >= 0.6 is 12.2 Å². The van der Waals surface area contributed by atoms with Crippen molar-refractivity contribution >= 4 is 28.0 Å². The highest BCUT2D eigenvalue weighted by Crippen LogP contribution is 2.39. The van der Waals surface area contributed by atoms with E-state index in [0.717, 1.165) is 24.8 Å². The van der Waals surface area contributed by atoms with E-state index in [0.29, 0.717) is 16.3 Å². The molecule has 1 aromatic carbocycles. The van der Waals surface area contributed by atoms with E-state index in [-0.39, 0.29) is 0 Å². The number of nitrogens with one attached hydrogen (secondary N) is 1. The number of hydrogen-bond donors (Lipinski definition) is 1. The Labute approximate surface area is 121 Å². The summed E-state index contributed by atoms with van der Waals surface area (Å²) in [4.78, 5) is 0.612. The maximum Gasteiger partial charge on any atom is 0.121 e. The zero-order valence-electron chi connectivity index (χ0n) is 10.8. The van der Waals surface area contributed by atoms with Gasteiger partial charge in [-0.2, -0.15) is 5.26 Å². The van der Waals surface area contributed by atoms with Crippen LogP contribution in [0.5, 0.6) is 0 Å². The molecular weight excluding hydrogens is 276 g/mol. The first-order chi connectivity index (χ1) is 9.15. The second-order valence-corrected chi connectivity index (χ2v) is 6.81. The molecule has 1 heterocycles. The summed E-state index contributed by atoms with van der Waals surface area (Å²) in [6.45, 7) is 0. The first kappa shape index (κ1) is 14.2. The van der Waals surface area contributed by atoms with E-state index in [4.69, 9.17) is 17.5 Å². The van der Waals surface area contributed by atoms with E-state index in [1.54, 1.807) is 13.1 Å². The van der Waals surface area contributed by atoms with Gasteiger partial charge in [0.2, 0.25) is 0 Å². The van der Waals surface area contributed by atoms with E-state index >= 15 is 0 Å². The lowest BCUT2D eigenvalue weighted by Crippen LogP contribution is -2.47. The molecule has 0 aliphatic carbocycles. The largest absolute Gasteiger partial charge is 0.381 e. The van der Waals surface area contributed by atoms with Gasteiger partial charge in [0, 0.05) is 23.6 Å². The molecule has 2 atom stereocenters. The van der Waals surface area contributed by atoms with Gasteiger partial charge in [0.25, 0.3) is 0 Å². The van der Waals surface area contributed by atoms with E-state index in [9.17, 15) is 4.21 Å². The van der Waals surface area contributed by atoms with Gasteiger partial charge in [-0.3, -0.25) is 4.21 Å². The fourth-order valence-corrected chi connectivity index (χ4v) is 4.95. The van der Waals surface area contributed by atoms with Crippen molar-refractivity contribution in [2.45, 2.75) is 24.0 Å². The molecule has 1 fully saturated rings. The Hall–Kier alpha value is -1.25. The van der Waals surface area contributed by atoms with E-state index < -0.39 is 15.5 Å². The Bertz CT molecular complexity index is 555. The molecule has 2 rings (SSSR count). The molecule has 1 aromatic rings. The van der Waals surface area contributed by atoms with Gasteiger partial charge in [0.05, 0.1) is 16.6 Å². The summed E-state index contributed by atoms with van der Waals surface area (Å²) in [7, 11) is 0.727. The van der Waals surface area contributed by atoms with Crippen LogP contribution < -0.4 is 5.32 Å². The second-order valence-electron chi connectivity index (χ2n) is 4.61. The first-order valence-electron chi connectivity index (χ1n) is 6.26.